The smallest absolute Gasteiger partial charge is 0.406 e. The van der Waals surface area contributed by atoms with E-state index in [-0.39, 0.29) is 24.8 Å². The van der Waals surface area contributed by atoms with Crippen molar-refractivity contribution in [3.63, 3.8) is 0 Å². The van der Waals surface area contributed by atoms with Crippen molar-refractivity contribution < 1.29 is 19.6 Å². The quantitative estimate of drug-likeness (QED) is 0.599. The largest absolute Gasteiger partial charge is 0.481 e. The molecule has 2 unspecified atom stereocenters. The fourth-order valence-corrected chi connectivity index (χ4v) is 2.26. The zero-order valence-electron chi connectivity index (χ0n) is 10.5. The first-order valence-electron chi connectivity index (χ1n) is 5.62. The second-order valence-electron chi connectivity index (χ2n) is 4.42. The van der Waals surface area contributed by atoms with Gasteiger partial charge in [0.2, 0.25) is 12.1 Å². The predicted molar refractivity (Wildman–Crippen MR) is 64.0 cm³/mol. The molecule has 0 saturated carbocycles. The number of imidazole rings is 1. The lowest BCUT2D eigenvalue weighted by atomic mass is 10.0. The average Bonchev–Trinajstić information content (AvgIpc) is 2.93. The Morgan fingerprint density at radius 1 is 1.68 bits per heavy atom. The van der Waals surface area contributed by atoms with Gasteiger partial charge in [-0.05, 0) is 9.91 Å². The molecule has 2 rings (SSSR count). The Balaban J connectivity index is 2.34. The van der Waals surface area contributed by atoms with Crippen LogP contribution in [0.1, 0.15) is 0 Å². The van der Waals surface area contributed by atoms with E-state index in [0.717, 1.165) is 0 Å². The molecule has 19 heavy (non-hydrogen) atoms. The molecule has 0 aromatic carbocycles. The Kier molecular flexibility index (Phi) is 3.38. The van der Waals surface area contributed by atoms with Crippen LogP contribution in [0.4, 0.5) is 11.6 Å². The van der Waals surface area contributed by atoms with Crippen LogP contribution in [0.2, 0.25) is 0 Å². The second kappa shape index (κ2) is 4.84. The van der Waals surface area contributed by atoms with Crippen molar-refractivity contribution in [1.82, 2.24) is 9.55 Å². The van der Waals surface area contributed by atoms with Gasteiger partial charge < -0.3 is 24.9 Å². The average molecular weight is 270 g/mol. The lowest BCUT2D eigenvalue weighted by Crippen LogP contribution is -2.41. The number of rotatable bonds is 4. The molecular formula is C10H14N4O5. The monoisotopic (exact) mass is 270 g/mol. The molecule has 0 bridgehead atoms. The summed E-state index contributed by atoms with van der Waals surface area (Å²) in [5.41, 5.74) is 0. The summed E-state index contributed by atoms with van der Waals surface area (Å²) in [6.45, 7) is 0.325. The first-order chi connectivity index (χ1) is 8.93. The Labute approximate surface area is 108 Å². The fraction of sp³-hybridized carbons (Fsp3) is 0.600. The van der Waals surface area contributed by atoms with Gasteiger partial charge in [0.1, 0.15) is 5.92 Å². The third-order valence-electron chi connectivity index (χ3n) is 3.26. The minimum atomic E-state index is -0.973. The number of aryl methyl sites for hydroxylation is 1. The van der Waals surface area contributed by atoms with Crippen LogP contribution in [0, 0.1) is 16.0 Å². The number of carboxylic acid groups (broad SMARTS) is 1. The van der Waals surface area contributed by atoms with Gasteiger partial charge in [-0.2, -0.15) is 0 Å². The summed E-state index contributed by atoms with van der Waals surface area (Å²) in [7, 11) is 3.23. The number of likely N-dealkylation sites (N-methyl/N-ethyl adjacent to an activating group) is 1. The van der Waals surface area contributed by atoms with Crippen LogP contribution in [0.15, 0.2) is 6.33 Å². The van der Waals surface area contributed by atoms with Crippen molar-refractivity contribution in [1.29, 1.82) is 0 Å². The lowest BCUT2D eigenvalue weighted by molar-refractivity contribution is -0.388. The van der Waals surface area contributed by atoms with Crippen LogP contribution in [-0.4, -0.2) is 51.9 Å². The van der Waals surface area contributed by atoms with Crippen LogP contribution in [0.5, 0.6) is 0 Å². The van der Waals surface area contributed by atoms with Crippen molar-refractivity contribution in [2.45, 2.75) is 6.04 Å². The standard InChI is InChI=1S/C10H14N4O5/c1-12-5-11-8(14(17)18)9(12)13(2)7-4-19-3-6(7)10(15)16/h5-7H,3-4H2,1-2H3,(H,15,16). The summed E-state index contributed by atoms with van der Waals surface area (Å²) in [6, 6.07) is -0.452. The molecule has 0 aliphatic carbocycles. The molecule has 104 valence electrons. The van der Waals surface area contributed by atoms with Gasteiger partial charge in [-0.15, -0.1) is 0 Å². The molecule has 1 aliphatic heterocycles. The molecule has 9 nitrogen and oxygen atoms in total. The van der Waals surface area contributed by atoms with Gasteiger partial charge in [0, 0.05) is 14.1 Å². The molecular weight excluding hydrogens is 256 g/mol. The van der Waals surface area contributed by atoms with E-state index < -0.39 is 22.9 Å². The summed E-state index contributed by atoms with van der Waals surface area (Å²) >= 11 is 0. The Morgan fingerprint density at radius 2 is 2.37 bits per heavy atom. The molecule has 0 radical (unpaired) electrons. The van der Waals surface area contributed by atoms with Crippen molar-refractivity contribution in [3.8, 4) is 0 Å². The van der Waals surface area contributed by atoms with Gasteiger partial charge in [-0.25, -0.2) is 0 Å². The van der Waals surface area contributed by atoms with E-state index in [1.165, 1.54) is 10.9 Å². The van der Waals surface area contributed by atoms with Gasteiger partial charge in [0.05, 0.1) is 19.3 Å². The minimum absolute atomic E-state index is 0.107. The number of carboxylic acids is 1. The third-order valence-corrected chi connectivity index (χ3v) is 3.26. The van der Waals surface area contributed by atoms with Crippen LogP contribution in [0.3, 0.4) is 0 Å². The Morgan fingerprint density at radius 3 is 2.95 bits per heavy atom. The van der Waals surface area contributed by atoms with Crippen LogP contribution >= 0.6 is 0 Å². The maximum Gasteiger partial charge on any atom is 0.406 e. The highest BCUT2D eigenvalue weighted by atomic mass is 16.6. The van der Waals surface area contributed by atoms with Crippen molar-refractivity contribution in [2.75, 3.05) is 25.2 Å². The summed E-state index contributed by atoms with van der Waals surface area (Å²) in [6.07, 6.45) is 1.33. The highest BCUT2D eigenvalue weighted by molar-refractivity contribution is 5.72. The fourth-order valence-electron chi connectivity index (χ4n) is 2.26. The number of carbonyl (C=O) groups is 1. The first-order valence-corrected chi connectivity index (χ1v) is 5.62. The molecule has 1 N–H and O–H groups in total. The lowest BCUT2D eigenvalue weighted by Gasteiger charge is -2.27. The molecule has 0 amide bonds. The topological polar surface area (TPSA) is 111 Å². The van der Waals surface area contributed by atoms with E-state index in [0.29, 0.717) is 0 Å². The van der Waals surface area contributed by atoms with E-state index in [1.807, 2.05) is 0 Å². The van der Waals surface area contributed by atoms with E-state index in [1.54, 1.807) is 19.0 Å². The number of anilines is 1. The minimum Gasteiger partial charge on any atom is -0.481 e. The maximum atomic E-state index is 11.1. The van der Waals surface area contributed by atoms with E-state index >= 15 is 0 Å². The molecule has 9 heteroatoms. The van der Waals surface area contributed by atoms with Gasteiger partial charge in [-0.1, -0.05) is 0 Å². The number of aliphatic carboxylic acids is 1. The molecule has 2 heterocycles. The van der Waals surface area contributed by atoms with E-state index in [9.17, 15) is 14.9 Å². The van der Waals surface area contributed by atoms with Gasteiger partial charge >= 0.3 is 11.8 Å². The van der Waals surface area contributed by atoms with Crippen molar-refractivity contribution in [2.24, 2.45) is 13.0 Å². The molecule has 1 aliphatic rings. The zero-order chi connectivity index (χ0) is 14.2. The molecule has 1 aromatic rings. The summed E-state index contributed by atoms with van der Waals surface area (Å²) < 4.78 is 6.66. The number of nitro groups is 1. The van der Waals surface area contributed by atoms with Crippen LogP contribution in [0.25, 0.3) is 0 Å². The van der Waals surface area contributed by atoms with Crippen molar-refractivity contribution in [3.05, 3.63) is 16.4 Å². The van der Waals surface area contributed by atoms with Gasteiger partial charge in [-0.3, -0.25) is 9.36 Å². The number of nitrogens with zero attached hydrogens (tertiary/aromatic N) is 4. The SMILES string of the molecule is CN(c1c([N+](=O)[O-])ncn1C)C1COCC1C(=O)O. The second-order valence-corrected chi connectivity index (χ2v) is 4.42. The normalized spacial score (nSPS) is 22.4. The van der Waals surface area contributed by atoms with E-state index in [2.05, 4.69) is 4.98 Å². The molecule has 1 saturated heterocycles. The first kappa shape index (κ1) is 13.3. The number of ether oxygens (including phenoxy) is 1. The van der Waals surface area contributed by atoms with Gasteiger partial charge in [0.15, 0.2) is 0 Å². The molecule has 1 aromatic heterocycles. The van der Waals surface area contributed by atoms with E-state index in [4.69, 9.17) is 9.84 Å². The number of hydrogen-bond acceptors (Lipinski definition) is 6. The maximum absolute atomic E-state index is 11.1. The van der Waals surface area contributed by atoms with Gasteiger partial charge in [0.25, 0.3) is 0 Å². The highest BCUT2D eigenvalue weighted by Gasteiger charge is 2.39. The molecule has 0 spiro atoms. The van der Waals surface area contributed by atoms with Crippen molar-refractivity contribution >= 4 is 17.6 Å². The highest BCUT2D eigenvalue weighted by Crippen LogP contribution is 2.30. The predicted octanol–water partition coefficient (Wildman–Crippen LogP) is -0.136. The molecule has 1 fully saturated rings. The number of aromatic nitrogens is 2. The zero-order valence-corrected chi connectivity index (χ0v) is 10.5. The van der Waals surface area contributed by atoms with Crippen LogP contribution in [-0.2, 0) is 16.6 Å². The van der Waals surface area contributed by atoms with Crippen LogP contribution < -0.4 is 4.90 Å². The summed E-state index contributed by atoms with van der Waals surface area (Å²) in [5, 5.41) is 20.0. The Bertz CT molecular complexity index is 514. The number of hydrogen-bond donors (Lipinski definition) is 1. The summed E-state index contributed by atoms with van der Waals surface area (Å²) in [5.74, 6) is -1.70. The summed E-state index contributed by atoms with van der Waals surface area (Å²) in [4.78, 5) is 26.7. The molecule has 2 atom stereocenters. The third kappa shape index (κ3) is 2.24. The Hall–Kier alpha value is -2.16.